The number of hydrogen-bond acceptors (Lipinski definition) is 2. The molecule has 4 heteroatoms. The molecule has 0 saturated carbocycles. The first-order valence-electron chi connectivity index (χ1n) is 5.00. The van der Waals surface area contributed by atoms with Crippen LogP contribution in [-0.4, -0.2) is 29.4 Å². The lowest BCUT2D eigenvalue weighted by atomic mass is 10.3. The van der Waals surface area contributed by atoms with E-state index < -0.39 is 5.97 Å². The predicted octanol–water partition coefficient (Wildman–Crippen LogP) is 1.96. The molecule has 0 aliphatic carbocycles. The molecule has 0 unspecified atom stereocenters. The van der Waals surface area contributed by atoms with Gasteiger partial charge >= 0.3 is 5.97 Å². The average Bonchev–Trinajstić information content (AvgIpc) is 2.58. The highest BCUT2D eigenvalue weighted by molar-refractivity contribution is 5.86. The van der Waals surface area contributed by atoms with Crippen molar-refractivity contribution in [2.75, 3.05) is 13.7 Å². The Kier molecular flexibility index (Phi) is 3.91. The standard InChI is InChI=1S/C11H17NO3/c1-8(2)12-9(6-7-15-3)4-5-10(12)11(13)14/h4-5,8H,6-7H2,1-3H3,(H,13,14). The summed E-state index contributed by atoms with van der Waals surface area (Å²) in [5.74, 6) is -0.882. The van der Waals surface area contributed by atoms with Crippen molar-refractivity contribution in [1.82, 2.24) is 4.57 Å². The number of nitrogens with zero attached hydrogens (tertiary/aromatic N) is 1. The van der Waals surface area contributed by atoms with E-state index in [-0.39, 0.29) is 6.04 Å². The molecule has 0 bridgehead atoms. The Morgan fingerprint density at radius 3 is 2.67 bits per heavy atom. The van der Waals surface area contributed by atoms with Gasteiger partial charge in [-0.05, 0) is 26.0 Å². The van der Waals surface area contributed by atoms with Crippen LogP contribution in [0.15, 0.2) is 12.1 Å². The summed E-state index contributed by atoms with van der Waals surface area (Å²) in [5.41, 5.74) is 1.35. The fourth-order valence-electron chi connectivity index (χ4n) is 1.69. The van der Waals surface area contributed by atoms with Crippen LogP contribution in [0.3, 0.4) is 0 Å². The number of carboxylic acids is 1. The van der Waals surface area contributed by atoms with Crippen LogP contribution in [-0.2, 0) is 11.2 Å². The second-order valence-electron chi connectivity index (χ2n) is 3.72. The average molecular weight is 211 g/mol. The topological polar surface area (TPSA) is 51.5 Å². The van der Waals surface area contributed by atoms with E-state index >= 15 is 0 Å². The lowest BCUT2D eigenvalue weighted by Gasteiger charge is -2.15. The zero-order valence-corrected chi connectivity index (χ0v) is 9.36. The summed E-state index contributed by atoms with van der Waals surface area (Å²) in [6.07, 6.45) is 0.738. The molecule has 0 saturated heterocycles. The maximum absolute atomic E-state index is 11.0. The number of aromatic carboxylic acids is 1. The molecule has 1 rings (SSSR count). The van der Waals surface area contributed by atoms with Crippen LogP contribution < -0.4 is 0 Å². The molecule has 0 amide bonds. The zero-order chi connectivity index (χ0) is 11.4. The molecule has 1 aromatic rings. The largest absolute Gasteiger partial charge is 0.477 e. The van der Waals surface area contributed by atoms with Gasteiger partial charge in [0.1, 0.15) is 5.69 Å². The third kappa shape index (κ3) is 2.59. The van der Waals surface area contributed by atoms with Crippen molar-refractivity contribution in [2.24, 2.45) is 0 Å². The molecule has 0 fully saturated rings. The number of carbonyl (C=O) groups is 1. The van der Waals surface area contributed by atoms with Gasteiger partial charge < -0.3 is 14.4 Å². The fourth-order valence-corrected chi connectivity index (χ4v) is 1.69. The number of methoxy groups -OCH3 is 1. The number of aromatic nitrogens is 1. The number of rotatable bonds is 5. The molecule has 15 heavy (non-hydrogen) atoms. The van der Waals surface area contributed by atoms with Gasteiger partial charge in [-0.2, -0.15) is 0 Å². The van der Waals surface area contributed by atoms with E-state index in [1.807, 2.05) is 24.5 Å². The highest BCUT2D eigenvalue weighted by Gasteiger charge is 2.15. The summed E-state index contributed by atoms with van der Waals surface area (Å²) < 4.78 is 6.82. The van der Waals surface area contributed by atoms with Gasteiger partial charge in [0.15, 0.2) is 0 Å². The van der Waals surface area contributed by atoms with E-state index in [9.17, 15) is 4.79 Å². The molecule has 84 valence electrons. The van der Waals surface area contributed by atoms with Gasteiger partial charge in [0.25, 0.3) is 0 Å². The summed E-state index contributed by atoms with van der Waals surface area (Å²) in [6, 6.07) is 3.65. The van der Waals surface area contributed by atoms with Crippen molar-refractivity contribution >= 4 is 5.97 Å². The molecule has 0 aromatic carbocycles. The van der Waals surface area contributed by atoms with Crippen LogP contribution >= 0.6 is 0 Å². The second kappa shape index (κ2) is 4.98. The van der Waals surface area contributed by atoms with Gasteiger partial charge in [0, 0.05) is 25.3 Å². The summed E-state index contributed by atoms with van der Waals surface area (Å²) >= 11 is 0. The summed E-state index contributed by atoms with van der Waals surface area (Å²) in [7, 11) is 1.64. The molecule has 4 nitrogen and oxygen atoms in total. The second-order valence-corrected chi connectivity index (χ2v) is 3.72. The number of hydrogen-bond donors (Lipinski definition) is 1. The Hall–Kier alpha value is -1.29. The maximum Gasteiger partial charge on any atom is 0.352 e. The first-order chi connectivity index (χ1) is 7.07. The van der Waals surface area contributed by atoms with Crippen LogP contribution in [0.25, 0.3) is 0 Å². The highest BCUT2D eigenvalue weighted by Crippen LogP contribution is 2.17. The van der Waals surface area contributed by atoms with Crippen LogP contribution in [0.2, 0.25) is 0 Å². The van der Waals surface area contributed by atoms with Crippen LogP contribution in [0.4, 0.5) is 0 Å². The zero-order valence-electron chi connectivity index (χ0n) is 9.36. The normalized spacial score (nSPS) is 10.9. The Labute approximate surface area is 89.5 Å². The summed E-state index contributed by atoms with van der Waals surface area (Å²) in [5, 5.41) is 9.00. The fraction of sp³-hybridized carbons (Fsp3) is 0.545. The lowest BCUT2D eigenvalue weighted by Crippen LogP contribution is -2.14. The van der Waals surface area contributed by atoms with E-state index in [4.69, 9.17) is 9.84 Å². The number of ether oxygens (including phenoxy) is 1. The van der Waals surface area contributed by atoms with Gasteiger partial charge in [0.2, 0.25) is 0 Å². The van der Waals surface area contributed by atoms with Crippen molar-refractivity contribution in [2.45, 2.75) is 26.3 Å². The third-order valence-electron chi connectivity index (χ3n) is 2.30. The quantitative estimate of drug-likeness (QED) is 0.810. The van der Waals surface area contributed by atoms with Gasteiger partial charge in [-0.3, -0.25) is 0 Å². The minimum Gasteiger partial charge on any atom is -0.477 e. The van der Waals surface area contributed by atoms with E-state index in [2.05, 4.69) is 0 Å². The Bertz CT molecular complexity index is 342. The minimum absolute atomic E-state index is 0.151. The van der Waals surface area contributed by atoms with Gasteiger partial charge in [0.05, 0.1) is 6.61 Å². The molecule has 0 aliphatic rings. The maximum atomic E-state index is 11.0. The van der Waals surface area contributed by atoms with Crippen molar-refractivity contribution in [1.29, 1.82) is 0 Å². The monoisotopic (exact) mass is 211 g/mol. The van der Waals surface area contributed by atoms with Crippen LogP contribution in [0.5, 0.6) is 0 Å². The van der Waals surface area contributed by atoms with Crippen molar-refractivity contribution in [3.8, 4) is 0 Å². The highest BCUT2D eigenvalue weighted by atomic mass is 16.5. The first-order valence-corrected chi connectivity index (χ1v) is 5.00. The lowest BCUT2D eigenvalue weighted by molar-refractivity contribution is 0.0682. The van der Waals surface area contributed by atoms with Crippen LogP contribution in [0.1, 0.15) is 36.1 Å². The van der Waals surface area contributed by atoms with E-state index in [0.29, 0.717) is 12.3 Å². The molecular formula is C11H17NO3. The minimum atomic E-state index is -0.882. The molecule has 0 spiro atoms. The first kappa shape index (κ1) is 11.8. The van der Waals surface area contributed by atoms with Gasteiger partial charge in [-0.1, -0.05) is 0 Å². The predicted molar refractivity (Wildman–Crippen MR) is 57.4 cm³/mol. The molecule has 0 radical (unpaired) electrons. The van der Waals surface area contributed by atoms with E-state index in [1.54, 1.807) is 13.2 Å². The summed E-state index contributed by atoms with van der Waals surface area (Å²) in [4.78, 5) is 11.0. The summed E-state index contributed by atoms with van der Waals surface area (Å²) in [6.45, 7) is 4.56. The number of carboxylic acid groups (broad SMARTS) is 1. The van der Waals surface area contributed by atoms with Gasteiger partial charge in [-0.25, -0.2) is 4.79 Å². The SMILES string of the molecule is COCCc1ccc(C(=O)O)n1C(C)C. The van der Waals surface area contributed by atoms with Crippen molar-refractivity contribution in [3.63, 3.8) is 0 Å². The molecule has 1 heterocycles. The molecule has 0 atom stereocenters. The third-order valence-corrected chi connectivity index (χ3v) is 2.30. The van der Waals surface area contributed by atoms with Crippen molar-refractivity contribution in [3.05, 3.63) is 23.5 Å². The van der Waals surface area contributed by atoms with Crippen LogP contribution in [0, 0.1) is 0 Å². The Balaban J connectivity index is 3.01. The Morgan fingerprint density at radius 2 is 2.20 bits per heavy atom. The Morgan fingerprint density at radius 1 is 1.53 bits per heavy atom. The smallest absolute Gasteiger partial charge is 0.352 e. The van der Waals surface area contributed by atoms with Gasteiger partial charge in [-0.15, -0.1) is 0 Å². The molecule has 0 aliphatic heterocycles. The molecular weight excluding hydrogens is 194 g/mol. The van der Waals surface area contributed by atoms with Crippen molar-refractivity contribution < 1.29 is 14.6 Å². The molecule has 1 N–H and O–H groups in total. The van der Waals surface area contributed by atoms with E-state index in [1.165, 1.54) is 0 Å². The van der Waals surface area contributed by atoms with E-state index in [0.717, 1.165) is 12.1 Å². The molecule has 1 aromatic heterocycles.